The van der Waals surface area contributed by atoms with Gasteiger partial charge in [0, 0.05) is 30.5 Å². The fourth-order valence-corrected chi connectivity index (χ4v) is 3.71. The fourth-order valence-electron chi connectivity index (χ4n) is 3.71. The predicted octanol–water partition coefficient (Wildman–Crippen LogP) is 2.81. The molecule has 0 aliphatic carbocycles. The Labute approximate surface area is 170 Å². The molecule has 1 N–H and O–H groups in total. The van der Waals surface area contributed by atoms with Crippen LogP contribution in [0.4, 0.5) is 17.3 Å². The Hall–Kier alpha value is -3.44. The van der Waals surface area contributed by atoms with E-state index in [4.69, 9.17) is 5.26 Å². The van der Waals surface area contributed by atoms with Crippen molar-refractivity contribution in [2.75, 3.05) is 37.4 Å². The molecular weight excluding hydrogens is 364 g/mol. The maximum atomic E-state index is 8.80. The molecule has 0 bridgehead atoms. The van der Waals surface area contributed by atoms with E-state index in [-0.39, 0.29) is 5.69 Å². The number of hydrogen-bond donors (Lipinski definition) is 1. The van der Waals surface area contributed by atoms with Crippen LogP contribution in [0.15, 0.2) is 49.2 Å². The van der Waals surface area contributed by atoms with Gasteiger partial charge in [0.1, 0.15) is 24.0 Å². The zero-order valence-corrected chi connectivity index (χ0v) is 16.7. The predicted molar refractivity (Wildman–Crippen MR) is 113 cm³/mol. The molecule has 0 amide bonds. The molecule has 1 atom stereocenters. The fraction of sp³-hybridized carbons (Fsp3) is 0.333. The molecule has 1 saturated heterocycles. The van der Waals surface area contributed by atoms with E-state index in [9.17, 15) is 0 Å². The molecule has 4 rings (SSSR count). The van der Waals surface area contributed by atoms with Gasteiger partial charge < -0.3 is 19.7 Å². The van der Waals surface area contributed by atoms with Crippen LogP contribution in [0.25, 0.3) is 5.69 Å². The Morgan fingerprint density at radius 2 is 1.90 bits per heavy atom. The summed E-state index contributed by atoms with van der Waals surface area (Å²) in [6.45, 7) is 2.19. The van der Waals surface area contributed by atoms with Crippen LogP contribution in [0.3, 0.4) is 0 Å². The van der Waals surface area contributed by atoms with Crippen LogP contribution in [0.1, 0.15) is 18.5 Å². The molecule has 1 aromatic carbocycles. The lowest BCUT2D eigenvalue weighted by Gasteiger charge is -2.29. The van der Waals surface area contributed by atoms with Crippen molar-refractivity contribution in [3.05, 3.63) is 54.9 Å². The van der Waals surface area contributed by atoms with E-state index in [1.807, 2.05) is 16.8 Å². The highest BCUT2D eigenvalue weighted by Crippen LogP contribution is 2.27. The molecule has 0 spiro atoms. The standard InChI is InChI=1S/C21H24N8/c1-27(2)13-19-4-3-9-29(19)18-7-5-17(6-8-18)28-14-21(25-15-28)26-20-12-23-16(10-22)11-24-20/h5-8,11-12,14-15,19H,3-4,9,13H2,1-2H3,(H,24,26)/t19-/m0/s1. The molecule has 0 saturated carbocycles. The first-order chi connectivity index (χ1) is 14.1. The summed E-state index contributed by atoms with van der Waals surface area (Å²) in [4.78, 5) is 17.3. The number of nitriles is 1. The van der Waals surface area contributed by atoms with Crippen molar-refractivity contribution in [1.82, 2.24) is 24.4 Å². The average molecular weight is 388 g/mol. The van der Waals surface area contributed by atoms with Gasteiger partial charge in [0.15, 0.2) is 5.69 Å². The number of benzene rings is 1. The van der Waals surface area contributed by atoms with Crippen LogP contribution in [-0.2, 0) is 0 Å². The van der Waals surface area contributed by atoms with E-state index in [0.717, 1.165) is 18.8 Å². The molecule has 1 fully saturated rings. The minimum Gasteiger partial charge on any atom is -0.367 e. The monoisotopic (exact) mass is 388 g/mol. The molecule has 148 valence electrons. The first-order valence-corrected chi connectivity index (χ1v) is 9.67. The zero-order valence-electron chi connectivity index (χ0n) is 16.7. The minimum absolute atomic E-state index is 0.284. The molecule has 1 aliphatic heterocycles. The Balaban J connectivity index is 1.45. The summed E-state index contributed by atoms with van der Waals surface area (Å²) < 4.78 is 1.96. The lowest BCUT2D eigenvalue weighted by Crippen LogP contribution is -2.37. The molecule has 3 aromatic rings. The number of aromatic nitrogens is 4. The van der Waals surface area contributed by atoms with E-state index in [1.54, 1.807) is 6.33 Å². The molecule has 3 heterocycles. The minimum atomic E-state index is 0.284. The van der Waals surface area contributed by atoms with Crippen molar-refractivity contribution in [3.8, 4) is 11.8 Å². The second-order valence-corrected chi connectivity index (χ2v) is 7.46. The van der Waals surface area contributed by atoms with E-state index in [0.29, 0.717) is 17.7 Å². The summed E-state index contributed by atoms with van der Waals surface area (Å²) in [5.74, 6) is 1.21. The molecular formula is C21H24N8. The van der Waals surface area contributed by atoms with Crippen molar-refractivity contribution in [3.63, 3.8) is 0 Å². The van der Waals surface area contributed by atoms with Crippen molar-refractivity contribution < 1.29 is 0 Å². The first kappa shape index (κ1) is 18.9. The van der Waals surface area contributed by atoms with E-state index < -0.39 is 0 Å². The maximum absolute atomic E-state index is 8.80. The number of rotatable bonds is 6. The van der Waals surface area contributed by atoms with Crippen LogP contribution < -0.4 is 10.2 Å². The van der Waals surface area contributed by atoms with Gasteiger partial charge in [0.25, 0.3) is 0 Å². The molecule has 29 heavy (non-hydrogen) atoms. The largest absolute Gasteiger partial charge is 0.367 e. The second-order valence-electron chi connectivity index (χ2n) is 7.46. The smallest absolute Gasteiger partial charge is 0.158 e. The number of imidazole rings is 1. The van der Waals surface area contributed by atoms with Crippen LogP contribution in [0.2, 0.25) is 0 Å². The quantitative estimate of drug-likeness (QED) is 0.695. The van der Waals surface area contributed by atoms with Crippen LogP contribution >= 0.6 is 0 Å². The van der Waals surface area contributed by atoms with Gasteiger partial charge in [-0.3, -0.25) is 0 Å². The van der Waals surface area contributed by atoms with Crippen molar-refractivity contribution in [1.29, 1.82) is 5.26 Å². The summed E-state index contributed by atoms with van der Waals surface area (Å²) in [5.41, 5.74) is 2.60. The topological polar surface area (TPSA) is 85.9 Å². The summed E-state index contributed by atoms with van der Waals surface area (Å²) >= 11 is 0. The number of nitrogens with one attached hydrogen (secondary N) is 1. The Kier molecular flexibility index (Phi) is 5.40. The van der Waals surface area contributed by atoms with Gasteiger partial charge in [-0.25, -0.2) is 15.0 Å². The van der Waals surface area contributed by atoms with Crippen molar-refractivity contribution >= 4 is 17.3 Å². The second kappa shape index (κ2) is 8.29. The van der Waals surface area contributed by atoms with Gasteiger partial charge in [0.2, 0.25) is 0 Å². The number of anilines is 3. The van der Waals surface area contributed by atoms with Crippen molar-refractivity contribution in [2.45, 2.75) is 18.9 Å². The summed E-state index contributed by atoms with van der Waals surface area (Å²) in [5, 5.41) is 11.9. The van der Waals surface area contributed by atoms with Gasteiger partial charge in [0.05, 0.1) is 18.6 Å². The number of nitrogens with zero attached hydrogens (tertiary/aromatic N) is 7. The van der Waals surface area contributed by atoms with Crippen LogP contribution in [-0.4, -0.2) is 57.6 Å². The average Bonchev–Trinajstić information content (AvgIpc) is 3.38. The maximum Gasteiger partial charge on any atom is 0.158 e. The van der Waals surface area contributed by atoms with Gasteiger partial charge in [-0.1, -0.05) is 0 Å². The highest BCUT2D eigenvalue weighted by molar-refractivity contribution is 5.54. The highest BCUT2D eigenvalue weighted by Gasteiger charge is 2.25. The van der Waals surface area contributed by atoms with Crippen LogP contribution in [0.5, 0.6) is 0 Å². The molecule has 1 aliphatic rings. The normalized spacial score (nSPS) is 16.2. The summed E-state index contributed by atoms with van der Waals surface area (Å²) in [6.07, 6.45) is 9.11. The molecule has 8 nitrogen and oxygen atoms in total. The molecule has 8 heteroatoms. The zero-order chi connectivity index (χ0) is 20.2. The third kappa shape index (κ3) is 4.36. The Morgan fingerprint density at radius 3 is 2.59 bits per heavy atom. The van der Waals surface area contributed by atoms with E-state index in [1.165, 1.54) is 30.9 Å². The van der Waals surface area contributed by atoms with Gasteiger partial charge in [-0.15, -0.1) is 0 Å². The summed E-state index contributed by atoms with van der Waals surface area (Å²) in [6, 6.07) is 11.1. The number of hydrogen-bond acceptors (Lipinski definition) is 7. The summed E-state index contributed by atoms with van der Waals surface area (Å²) in [7, 11) is 4.27. The van der Waals surface area contributed by atoms with Gasteiger partial charge >= 0.3 is 0 Å². The van der Waals surface area contributed by atoms with Crippen LogP contribution in [0, 0.1) is 11.3 Å². The molecule has 0 unspecified atom stereocenters. The molecule has 2 aromatic heterocycles. The van der Waals surface area contributed by atoms with E-state index in [2.05, 4.69) is 68.4 Å². The van der Waals surface area contributed by atoms with E-state index >= 15 is 0 Å². The van der Waals surface area contributed by atoms with Crippen molar-refractivity contribution in [2.24, 2.45) is 0 Å². The number of likely N-dealkylation sites (N-methyl/N-ethyl adjacent to an activating group) is 1. The van der Waals surface area contributed by atoms with Gasteiger partial charge in [-0.05, 0) is 51.2 Å². The first-order valence-electron chi connectivity index (χ1n) is 9.67. The SMILES string of the molecule is CN(C)C[C@@H]1CCCN1c1ccc(-n2cnc(Nc3cnc(C#N)cn3)c2)cc1. The third-order valence-corrected chi connectivity index (χ3v) is 5.04. The Bertz CT molecular complexity index is 985. The molecule has 0 radical (unpaired) electrons. The highest BCUT2D eigenvalue weighted by atomic mass is 15.2. The lowest BCUT2D eigenvalue weighted by atomic mass is 10.2. The Morgan fingerprint density at radius 1 is 1.10 bits per heavy atom. The van der Waals surface area contributed by atoms with Gasteiger partial charge in [-0.2, -0.15) is 5.26 Å². The lowest BCUT2D eigenvalue weighted by molar-refractivity contribution is 0.372. The third-order valence-electron chi connectivity index (χ3n) is 5.04.